The van der Waals surface area contributed by atoms with Gasteiger partial charge in [0.15, 0.2) is 0 Å². The molecule has 4 heteroatoms. The zero-order chi connectivity index (χ0) is 11.9. The van der Waals surface area contributed by atoms with Gasteiger partial charge in [0.2, 0.25) is 5.91 Å². The summed E-state index contributed by atoms with van der Waals surface area (Å²) in [5.74, 6) is 1.36. The van der Waals surface area contributed by atoms with Crippen LogP contribution >= 0.6 is 11.8 Å². The molecule has 1 heterocycles. The van der Waals surface area contributed by atoms with Crippen LogP contribution in [0.1, 0.15) is 39.0 Å². The number of thioether (sulfide) groups is 1. The molecular formula is C12H24N2OS. The first kappa shape index (κ1) is 13.8. The van der Waals surface area contributed by atoms with E-state index in [1.54, 1.807) is 0 Å². The zero-order valence-electron chi connectivity index (χ0n) is 10.5. The van der Waals surface area contributed by atoms with Crippen molar-refractivity contribution in [1.29, 1.82) is 0 Å². The predicted molar refractivity (Wildman–Crippen MR) is 70.9 cm³/mol. The largest absolute Gasteiger partial charge is 0.355 e. The first-order valence-electron chi connectivity index (χ1n) is 6.21. The van der Waals surface area contributed by atoms with Crippen LogP contribution in [0, 0.1) is 0 Å². The van der Waals surface area contributed by atoms with E-state index in [-0.39, 0.29) is 11.4 Å². The van der Waals surface area contributed by atoms with Gasteiger partial charge in [0.05, 0.1) is 5.54 Å². The van der Waals surface area contributed by atoms with Gasteiger partial charge in [-0.1, -0.05) is 0 Å². The summed E-state index contributed by atoms with van der Waals surface area (Å²) in [6, 6.07) is 0. The number of hydrogen-bond acceptors (Lipinski definition) is 3. The molecule has 1 amide bonds. The highest BCUT2D eigenvalue weighted by molar-refractivity contribution is 7.98. The van der Waals surface area contributed by atoms with E-state index in [0.29, 0.717) is 0 Å². The fraction of sp³-hybridized carbons (Fsp3) is 0.917. The summed E-state index contributed by atoms with van der Waals surface area (Å²) >= 11 is 1.86. The third-order valence-electron chi connectivity index (χ3n) is 3.18. The molecule has 1 saturated heterocycles. The highest BCUT2D eigenvalue weighted by atomic mass is 32.2. The average Bonchev–Trinajstić information content (AvgIpc) is 2.29. The summed E-state index contributed by atoms with van der Waals surface area (Å²) in [5, 5.41) is 6.37. The van der Waals surface area contributed by atoms with Gasteiger partial charge >= 0.3 is 0 Å². The molecule has 2 N–H and O–H groups in total. The van der Waals surface area contributed by atoms with Gasteiger partial charge in [-0.05, 0) is 57.6 Å². The summed E-state index contributed by atoms with van der Waals surface area (Å²) in [6.07, 6.45) is 7.70. The molecule has 0 spiro atoms. The molecule has 1 aliphatic heterocycles. The van der Waals surface area contributed by atoms with Crippen molar-refractivity contribution < 1.29 is 4.79 Å². The Balaban J connectivity index is 2.18. The van der Waals surface area contributed by atoms with E-state index in [9.17, 15) is 4.79 Å². The lowest BCUT2D eigenvalue weighted by Crippen LogP contribution is -2.57. The molecule has 0 saturated carbocycles. The smallest absolute Gasteiger partial charge is 0.240 e. The van der Waals surface area contributed by atoms with Crippen molar-refractivity contribution in [3.8, 4) is 0 Å². The van der Waals surface area contributed by atoms with E-state index in [1.165, 1.54) is 18.6 Å². The molecule has 0 aromatic heterocycles. The van der Waals surface area contributed by atoms with Gasteiger partial charge in [-0.15, -0.1) is 0 Å². The molecule has 1 atom stereocenters. The predicted octanol–water partition coefficient (Wildman–Crippen LogP) is 1.78. The molecule has 1 aliphatic rings. The van der Waals surface area contributed by atoms with Crippen LogP contribution in [0.2, 0.25) is 0 Å². The van der Waals surface area contributed by atoms with Crippen LogP contribution in [-0.4, -0.2) is 36.5 Å². The highest BCUT2D eigenvalue weighted by Crippen LogP contribution is 2.18. The lowest BCUT2D eigenvalue weighted by atomic mass is 9.90. The Morgan fingerprint density at radius 1 is 1.44 bits per heavy atom. The Morgan fingerprint density at radius 3 is 2.88 bits per heavy atom. The second-order valence-electron chi connectivity index (χ2n) is 4.67. The molecule has 1 unspecified atom stereocenters. The molecule has 0 aliphatic carbocycles. The molecule has 0 bridgehead atoms. The molecule has 1 fully saturated rings. The Morgan fingerprint density at radius 2 is 2.25 bits per heavy atom. The minimum Gasteiger partial charge on any atom is -0.355 e. The van der Waals surface area contributed by atoms with Gasteiger partial charge in [0.25, 0.3) is 0 Å². The minimum absolute atomic E-state index is 0.177. The maximum Gasteiger partial charge on any atom is 0.240 e. The van der Waals surface area contributed by atoms with Crippen LogP contribution in [0.4, 0.5) is 0 Å². The van der Waals surface area contributed by atoms with Crippen molar-refractivity contribution in [1.82, 2.24) is 10.6 Å². The van der Waals surface area contributed by atoms with Gasteiger partial charge < -0.3 is 10.6 Å². The van der Waals surface area contributed by atoms with E-state index in [0.717, 1.165) is 32.4 Å². The van der Waals surface area contributed by atoms with Crippen molar-refractivity contribution in [2.24, 2.45) is 0 Å². The van der Waals surface area contributed by atoms with Gasteiger partial charge in [0, 0.05) is 6.54 Å². The Labute approximate surface area is 103 Å². The van der Waals surface area contributed by atoms with Gasteiger partial charge in [-0.2, -0.15) is 11.8 Å². The first-order valence-corrected chi connectivity index (χ1v) is 7.61. The minimum atomic E-state index is -0.322. The third-order valence-corrected chi connectivity index (χ3v) is 3.88. The van der Waals surface area contributed by atoms with E-state index >= 15 is 0 Å². The summed E-state index contributed by atoms with van der Waals surface area (Å²) in [7, 11) is 0. The van der Waals surface area contributed by atoms with E-state index in [1.807, 2.05) is 18.7 Å². The highest BCUT2D eigenvalue weighted by Gasteiger charge is 2.33. The van der Waals surface area contributed by atoms with E-state index < -0.39 is 0 Å². The fourth-order valence-corrected chi connectivity index (χ4v) is 2.51. The number of carbonyl (C=O) groups is 1. The Kier molecular flexibility index (Phi) is 6.21. The normalized spacial score (nSPS) is 25.4. The van der Waals surface area contributed by atoms with Gasteiger partial charge in [-0.25, -0.2) is 0 Å². The number of nitrogens with one attached hydrogen (secondary N) is 2. The van der Waals surface area contributed by atoms with Gasteiger partial charge in [-0.3, -0.25) is 4.79 Å². The topological polar surface area (TPSA) is 41.1 Å². The summed E-state index contributed by atoms with van der Waals surface area (Å²) in [5.41, 5.74) is -0.322. The van der Waals surface area contributed by atoms with E-state index in [4.69, 9.17) is 0 Å². The Bertz CT molecular complexity index is 215. The van der Waals surface area contributed by atoms with Crippen LogP contribution in [0.15, 0.2) is 0 Å². The van der Waals surface area contributed by atoms with Crippen molar-refractivity contribution in [3.05, 3.63) is 0 Å². The second-order valence-corrected chi connectivity index (χ2v) is 5.66. The third kappa shape index (κ3) is 4.34. The van der Waals surface area contributed by atoms with Crippen LogP contribution in [0.3, 0.4) is 0 Å². The first-order chi connectivity index (χ1) is 7.69. The van der Waals surface area contributed by atoms with Crippen LogP contribution in [0.25, 0.3) is 0 Å². The standard InChI is InChI=1S/C12H24N2OS/c1-12(7-3-4-9-14-12)11(15)13-8-5-6-10-16-2/h14H,3-10H2,1-2H3,(H,13,15). The number of carbonyl (C=O) groups excluding carboxylic acids is 1. The lowest BCUT2D eigenvalue weighted by molar-refractivity contribution is -0.127. The molecule has 94 valence electrons. The lowest BCUT2D eigenvalue weighted by Gasteiger charge is -2.33. The molecular weight excluding hydrogens is 220 g/mol. The number of amides is 1. The van der Waals surface area contributed by atoms with Crippen molar-refractivity contribution in [2.75, 3.05) is 25.1 Å². The average molecular weight is 244 g/mol. The fourth-order valence-electron chi connectivity index (χ4n) is 2.02. The number of rotatable bonds is 6. The van der Waals surface area contributed by atoms with E-state index in [2.05, 4.69) is 16.9 Å². The second kappa shape index (κ2) is 7.17. The molecule has 1 rings (SSSR count). The summed E-state index contributed by atoms with van der Waals surface area (Å²) < 4.78 is 0. The van der Waals surface area contributed by atoms with Crippen molar-refractivity contribution in [3.63, 3.8) is 0 Å². The molecule has 0 radical (unpaired) electrons. The maximum absolute atomic E-state index is 12.0. The zero-order valence-corrected chi connectivity index (χ0v) is 11.3. The number of unbranched alkanes of at least 4 members (excludes halogenated alkanes) is 1. The Hall–Kier alpha value is -0.220. The summed E-state index contributed by atoms with van der Waals surface area (Å²) in [4.78, 5) is 12.0. The molecule has 0 aromatic carbocycles. The van der Waals surface area contributed by atoms with Crippen LogP contribution in [0.5, 0.6) is 0 Å². The number of piperidine rings is 1. The monoisotopic (exact) mass is 244 g/mol. The van der Waals surface area contributed by atoms with Crippen molar-refractivity contribution in [2.45, 2.75) is 44.6 Å². The van der Waals surface area contributed by atoms with Crippen LogP contribution < -0.4 is 10.6 Å². The van der Waals surface area contributed by atoms with Crippen molar-refractivity contribution >= 4 is 17.7 Å². The summed E-state index contributed by atoms with van der Waals surface area (Å²) in [6.45, 7) is 3.80. The SMILES string of the molecule is CSCCCCNC(=O)C1(C)CCCCN1. The maximum atomic E-state index is 12.0. The molecule has 3 nitrogen and oxygen atoms in total. The quantitative estimate of drug-likeness (QED) is 0.700. The molecule has 0 aromatic rings. The molecule has 16 heavy (non-hydrogen) atoms. The van der Waals surface area contributed by atoms with Crippen LogP contribution in [-0.2, 0) is 4.79 Å². The van der Waals surface area contributed by atoms with Gasteiger partial charge in [0.1, 0.15) is 0 Å². The number of hydrogen-bond donors (Lipinski definition) is 2.